The second-order valence-corrected chi connectivity index (χ2v) is 4.58. The minimum atomic E-state index is -0.401. The second kappa shape index (κ2) is 5.84. The maximum absolute atomic E-state index is 11.8. The van der Waals surface area contributed by atoms with Crippen molar-refractivity contribution in [1.82, 2.24) is 5.06 Å². The van der Waals surface area contributed by atoms with Gasteiger partial charge in [-0.05, 0) is 12.5 Å². The number of rotatable bonds is 5. The lowest BCUT2D eigenvalue weighted by Crippen LogP contribution is -2.56. The standard InChI is InChI=1S/C14H17NO4/c1-10(19-11(2)16)13-8-15(14(13)17)18-9-12-6-4-3-5-7-12/h3-7,10,13H,8-9H2,1-2H3/t10-,13-/m1/s1. The molecule has 0 spiro atoms. The average molecular weight is 263 g/mol. The molecule has 102 valence electrons. The largest absolute Gasteiger partial charge is 0.462 e. The third-order valence-electron chi connectivity index (χ3n) is 3.07. The first-order valence-corrected chi connectivity index (χ1v) is 6.23. The number of hydroxylamine groups is 2. The van der Waals surface area contributed by atoms with Crippen LogP contribution in [0.15, 0.2) is 30.3 Å². The number of hydrogen-bond acceptors (Lipinski definition) is 4. The fourth-order valence-electron chi connectivity index (χ4n) is 1.96. The van der Waals surface area contributed by atoms with Crippen molar-refractivity contribution in [3.05, 3.63) is 35.9 Å². The van der Waals surface area contributed by atoms with Gasteiger partial charge in [0.15, 0.2) is 0 Å². The summed E-state index contributed by atoms with van der Waals surface area (Å²) in [6, 6.07) is 9.63. The second-order valence-electron chi connectivity index (χ2n) is 4.58. The van der Waals surface area contributed by atoms with Crippen LogP contribution in [-0.4, -0.2) is 29.6 Å². The molecule has 1 aromatic rings. The van der Waals surface area contributed by atoms with Gasteiger partial charge in [0, 0.05) is 6.92 Å². The number of nitrogens with zero attached hydrogens (tertiary/aromatic N) is 1. The SMILES string of the molecule is CC(=O)O[C@H](C)[C@H]1CN(OCc2ccccc2)C1=O. The monoisotopic (exact) mass is 263 g/mol. The number of hydrogen-bond donors (Lipinski definition) is 0. The van der Waals surface area contributed by atoms with E-state index >= 15 is 0 Å². The number of amides is 1. The van der Waals surface area contributed by atoms with Crippen LogP contribution in [-0.2, 0) is 25.8 Å². The number of esters is 1. The molecule has 19 heavy (non-hydrogen) atoms. The van der Waals surface area contributed by atoms with E-state index < -0.39 is 6.10 Å². The van der Waals surface area contributed by atoms with E-state index in [1.165, 1.54) is 12.0 Å². The minimum absolute atomic E-state index is 0.135. The lowest BCUT2D eigenvalue weighted by molar-refractivity contribution is -0.234. The maximum atomic E-state index is 11.8. The Kier molecular flexibility index (Phi) is 4.16. The molecular weight excluding hydrogens is 246 g/mol. The van der Waals surface area contributed by atoms with Gasteiger partial charge in [-0.25, -0.2) is 5.06 Å². The summed E-state index contributed by atoms with van der Waals surface area (Å²) in [6.45, 7) is 3.88. The van der Waals surface area contributed by atoms with Crippen LogP contribution in [0.3, 0.4) is 0 Å². The normalized spacial score (nSPS) is 19.8. The maximum Gasteiger partial charge on any atom is 0.302 e. The van der Waals surface area contributed by atoms with Gasteiger partial charge >= 0.3 is 5.97 Å². The lowest BCUT2D eigenvalue weighted by Gasteiger charge is -2.39. The first kappa shape index (κ1) is 13.5. The van der Waals surface area contributed by atoms with Gasteiger partial charge in [0.05, 0.1) is 12.5 Å². The molecule has 0 aliphatic carbocycles. The Morgan fingerprint density at radius 1 is 1.42 bits per heavy atom. The highest BCUT2D eigenvalue weighted by Crippen LogP contribution is 2.24. The third kappa shape index (κ3) is 3.32. The highest BCUT2D eigenvalue weighted by atomic mass is 16.7. The number of benzene rings is 1. The zero-order chi connectivity index (χ0) is 13.8. The first-order valence-electron chi connectivity index (χ1n) is 6.23. The summed E-state index contributed by atoms with van der Waals surface area (Å²) in [5, 5.41) is 1.32. The number of ether oxygens (including phenoxy) is 1. The van der Waals surface area contributed by atoms with E-state index in [1.807, 2.05) is 30.3 Å². The predicted molar refractivity (Wildman–Crippen MR) is 67.7 cm³/mol. The smallest absolute Gasteiger partial charge is 0.302 e. The number of β-lactam (4-membered cyclic amide) rings is 1. The van der Waals surface area contributed by atoms with Crippen LogP contribution < -0.4 is 0 Å². The lowest BCUT2D eigenvalue weighted by atomic mass is 9.95. The van der Waals surface area contributed by atoms with Crippen molar-refractivity contribution < 1.29 is 19.2 Å². The molecule has 1 heterocycles. The van der Waals surface area contributed by atoms with Gasteiger partial charge < -0.3 is 4.74 Å². The van der Waals surface area contributed by atoms with E-state index in [1.54, 1.807) is 6.92 Å². The molecule has 2 rings (SSSR count). The van der Waals surface area contributed by atoms with Gasteiger partial charge in [0.25, 0.3) is 5.91 Å². The van der Waals surface area contributed by atoms with Crippen LogP contribution in [0.5, 0.6) is 0 Å². The highest BCUT2D eigenvalue weighted by Gasteiger charge is 2.42. The van der Waals surface area contributed by atoms with Crippen molar-refractivity contribution in [1.29, 1.82) is 0 Å². The van der Waals surface area contributed by atoms with Crippen LogP contribution in [0.1, 0.15) is 19.4 Å². The van der Waals surface area contributed by atoms with Gasteiger partial charge in [-0.15, -0.1) is 0 Å². The van der Waals surface area contributed by atoms with E-state index in [0.29, 0.717) is 13.2 Å². The van der Waals surface area contributed by atoms with Gasteiger partial charge in [0.1, 0.15) is 12.7 Å². The van der Waals surface area contributed by atoms with Gasteiger partial charge in [-0.1, -0.05) is 30.3 Å². The Hall–Kier alpha value is -1.88. The summed E-state index contributed by atoms with van der Waals surface area (Å²) in [7, 11) is 0. The molecule has 0 radical (unpaired) electrons. The Labute approximate surface area is 112 Å². The molecule has 0 aromatic heterocycles. The topological polar surface area (TPSA) is 55.8 Å². The highest BCUT2D eigenvalue weighted by molar-refractivity contribution is 5.84. The van der Waals surface area contributed by atoms with Crippen molar-refractivity contribution in [3.63, 3.8) is 0 Å². The molecule has 1 aromatic carbocycles. The van der Waals surface area contributed by atoms with E-state index in [0.717, 1.165) is 5.56 Å². The van der Waals surface area contributed by atoms with Crippen molar-refractivity contribution in [3.8, 4) is 0 Å². The van der Waals surface area contributed by atoms with Crippen LogP contribution in [0.2, 0.25) is 0 Å². The van der Waals surface area contributed by atoms with Crippen LogP contribution >= 0.6 is 0 Å². The molecule has 2 atom stereocenters. The van der Waals surface area contributed by atoms with E-state index in [2.05, 4.69) is 0 Å². The predicted octanol–water partition coefficient (Wildman–Crippen LogP) is 1.53. The third-order valence-corrected chi connectivity index (χ3v) is 3.07. The summed E-state index contributed by atoms with van der Waals surface area (Å²) in [5.41, 5.74) is 1.01. The van der Waals surface area contributed by atoms with Crippen molar-refractivity contribution in [2.45, 2.75) is 26.6 Å². The molecule has 0 N–H and O–H groups in total. The first-order chi connectivity index (χ1) is 9.08. The quantitative estimate of drug-likeness (QED) is 0.597. The van der Waals surface area contributed by atoms with Crippen LogP contribution in [0.25, 0.3) is 0 Å². The van der Waals surface area contributed by atoms with Crippen LogP contribution in [0.4, 0.5) is 0 Å². The Bertz CT molecular complexity index is 460. The molecule has 1 fully saturated rings. The fourth-order valence-corrected chi connectivity index (χ4v) is 1.96. The number of carbonyl (C=O) groups is 2. The average Bonchev–Trinajstić information content (AvgIpc) is 2.37. The summed E-state index contributed by atoms with van der Waals surface area (Å²) in [5.74, 6) is -0.798. The molecule has 1 aliphatic heterocycles. The van der Waals surface area contributed by atoms with E-state index in [4.69, 9.17) is 9.57 Å². The molecule has 1 saturated heterocycles. The van der Waals surface area contributed by atoms with Gasteiger partial charge in [0.2, 0.25) is 0 Å². The Morgan fingerprint density at radius 2 is 2.11 bits per heavy atom. The number of carbonyl (C=O) groups excluding carboxylic acids is 2. The van der Waals surface area contributed by atoms with Gasteiger partial charge in [-0.2, -0.15) is 0 Å². The van der Waals surface area contributed by atoms with Crippen molar-refractivity contribution >= 4 is 11.9 Å². The Balaban J connectivity index is 1.77. The van der Waals surface area contributed by atoms with Crippen molar-refractivity contribution in [2.24, 2.45) is 5.92 Å². The molecule has 5 nitrogen and oxygen atoms in total. The summed E-state index contributed by atoms with van der Waals surface area (Å²) in [4.78, 5) is 28.0. The van der Waals surface area contributed by atoms with Crippen LogP contribution in [0, 0.1) is 5.92 Å². The molecule has 1 amide bonds. The summed E-state index contributed by atoms with van der Waals surface area (Å²) in [6.07, 6.45) is -0.401. The van der Waals surface area contributed by atoms with Gasteiger partial charge in [-0.3, -0.25) is 14.4 Å². The van der Waals surface area contributed by atoms with E-state index in [9.17, 15) is 9.59 Å². The van der Waals surface area contributed by atoms with Crippen molar-refractivity contribution in [2.75, 3.05) is 6.54 Å². The zero-order valence-electron chi connectivity index (χ0n) is 11.0. The molecule has 0 unspecified atom stereocenters. The minimum Gasteiger partial charge on any atom is -0.462 e. The summed E-state index contributed by atoms with van der Waals surface area (Å²) < 4.78 is 4.99. The summed E-state index contributed by atoms with van der Waals surface area (Å²) >= 11 is 0. The van der Waals surface area contributed by atoms with E-state index in [-0.39, 0.29) is 17.8 Å². The molecule has 0 saturated carbocycles. The zero-order valence-corrected chi connectivity index (χ0v) is 11.0. The molecule has 0 bridgehead atoms. The molecular formula is C14H17NO4. The molecule has 1 aliphatic rings. The Morgan fingerprint density at radius 3 is 2.68 bits per heavy atom. The fraction of sp³-hybridized carbons (Fsp3) is 0.429. The molecule has 5 heteroatoms.